The van der Waals surface area contributed by atoms with Crippen molar-refractivity contribution in [1.82, 2.24) is 4.98 Å². The number of hydrogen-bond donors (Lipinski definition) is 2. The highest BCUT2D eigenvalue weighted by molar-refractivity contribution is 7.16. The van der Waals surface area contributed by atoms with Crippen LogP contribution in [0.3, 0.4) is 0 Å². The van der Waals surface area contributed by atoms with Crippen LogP contribution in [0.25, 0.3) is 10.2 Å². The summed E-state index contributed by atoms with van der Waals surface area (Å²) in [6, 6.07) is 6.75. The fourth-order valence-electron chi connectivity index (χ4n) is 1.84. The lowest BCUT2D eigenvalue weighted by Gasteiger charge is -2.07. The molecular weight excluding hydrogens is 300 g/mol. The van der Waals surface area contributed by atoms with Gasteiger partial charge in [-0.05, 0) is 24.3 Å². The number of halogens is 1. The van der Waals surface area contributed by atoms with E-state index in [1.165, 1.54) is 17.4 Å². The largest absolute Gasteiger partial charge is 0.475 e. The van der Waals surface area contributed by atoms with Gasteiger partial charge in [0.25, 0.3) is 0 Å². The van der Waals surface area contributed by atoms with E-state index in [2.05, 4.69) is 10.3 Å². The number of carbonyl (C=O) groups is 1. The van der Waals surface area contributed by atoms with Crippen molar-refractivity contribution in [2.45, 2.75) is 6.54 Å². The van der Waals surface area contributed by atoms with Crippen molar-refractivity contribution in [1.29, 1.82) is 0 Å². The van der Waals surface area contributed by atoms with Crippen molar-refractivity contribution in [3.8, 4) is 0 Å². The summed E-state index contributed by atoms with van der Waals surface area (Å²) in [6.45, 7) is 0.337. The minimum atomic E-state index is -1.09. The molecule has 1 aromatic carbocycles. The quantitative estimate of drug-likeness (QED) is 0.765. The van der Waals surface area contributed by atoms with E-state index in [9.17, 15) is 4.79 Å². The number of thiazole rings is 1. The molecule has 20 heavy (non-hydrogen) atoms. The van der Waals surface area contributed by atoms with Crippen LogP contribution in [-0.2, 0) is 6.54 Å². The third kappa shape index (κ3) is 2.35. The number of rotatable bonds is 4. The first kappa shape index (κ1) is 13.0. The lowest BCUT2D eigenvalue weighted by atomic mass is 10.3. The molecule has 0 aliphatic rings. The first-order chi connectivity index (χ1) is 9.65. The third-order valence-electron chi connectivity index (χ3n) is 2.76. The number of anilines is 1. The van der Waals surface area contributed by atoms with Gasteiger partial charge in [0, 0.05) is 0 Å². The number of furan rings is 1. The molecule has 0 radical (unpaired) electrons. The van der Waals surface area contributed by atoms with Gasteiger partial charge in [0.2, 0.25) is 5.76 Å². The molecule has 7 heteroatoms. The number of benzene rings is 1. The zero-order chi connectivity index (χ0) is 14.1. The second-order valence-electron chi connectivity index (χ2n) is 4.05. The Balaban J connectivity index is 1.84. The van der Waals surface area contributed by atoms with E-state index in [0.717, 1.165) is 15.9 Å². The molecule has 0 fully saturated rings. The average Bonchev–Trinajstić information content (AvgIpc) is 3.05. The van der Waals surface area contributed by atoms with Crippen LogP contribution < -0.4 is 5.32 Å². The molecule has 0 aliphatic heterocycles. The predicted molar refractivity (Wildman–Crippen MR) is 77.6 cm³/mol. The monoisotopic (exact) mass is 308 g/mol. The average molecular weight is 309 g/mol. The summed E-state index contributed by atoms with van der Waals surface area (Å²) >= 11 is 7.69. The zero-order valence-corrected chi connectivity index (χ0v) is 11.7. The van der Waals surface area contributed by atoms with E-state index >= 15 is 0 Å². The minimum Gasteiger partial charge on any atom is -0.475 e. The van der Waals surface area contributed by atoms with Gasteiger partial charge >= 0.3 is 5.97 Å². The summed E-state index contributed by atoms with van der Waals surface area (Å²) in [6.07, 6.45) is 0. The van der Waals surface area contributed by atoms with Gasteiger partial charge < -0.3 is 14.8 Å². The fraction of sp³-hybridized carbons (Fsp3) is 0.0769. The van der Waals surface area contributed by atoms with Crippen LogP contribution in [0, 0.1) is 0 Å². The van der Waals surface area contributed by atoms with Crippen LogP contribution in [0.1, 0.15) is 16.3 Å². The Morgan fingerprint density at radius 2 is 2.25 bits per heavy atom. The SMILES string of the molecule is O=C(O)c1ccc(CNc2c(Cl)ccc3scnc23)o1. The second kappa shape index (κ2) is 5.15. The highest BCUT2D eigenvalue weighted by Crippen LogP contribution is 2.32. The molecule has 3 aromatic rings. The molecule has 0 unspecified atom stereocenters. The van der Waals surface area contributed by atoms with Gasteiger partial charge in [0.15, 0.2) is 0 Å². The van der Waals surface area contributed by atoms with Gasteiger partial charge in [-0.25, -0.2) is 9.78 Å². The van der Waals surface area contributed by atoms with Gasteiger partial charge in [-0.3, -0.25) is 0 Å². The molecule has 0 atom stereocenters. The summed E-state index contributed by atoms with van der Waals surface area (Å²) in [5, 5.41) is 12.5. The lowest BCUT2D eigenvalue weighted by molar-refractivity contribution is 0.0660. The van der Waals surface area contributed by atoms with Gasteiger partial charge in [-0.15, -0.1) is 11.3 Å². The van der Waals surface area contributed by atoms with E-state index in [-0.39, 0.29) is 5.76 Å². The molecule has 2 N–H and O–H groups in total. The summed E-state index contributed by atoms with van der Waals surface area (Å²) in [5.74, 6) is -0.652. The van der Waals surface area contributed by atoms with Crippen molar-refractivity contribution in [2.75, 3.05) is 5.32 Å². The standard InChI is InChI=1S/C13H9ClN2O3S/c14-8-2-4-10-12(16-6-20-10)11(8)15-5-7-1-3-9(19-7)13(17)18/h1-4,6,15H,5H2,(H,17,18). The third-order valence-corrected chi connectivity index (χ3v) is 3.87. The number of hydrogen-bond acceptors (Lipinski definition) is 5. The van der Waals surface area contributed by atoms with Crippen LogP contribution in [-0.4, -0.2) is 16.1 Å². The zero-order valence-electron chi connectivity index (χ0n) is 10.1. The van der Waals surface area contributed by atoms with E-state index in [1.54, 1.807) is 17.6 Å². The molecule has 0 saturated heterocycles. The predicted octanol–water partition coefficient (Wildman–Crippen LogP) is 3.85. The van der Waals surface area contributed by atoms with E-state index in [1.807, 2.05) is 6.07 Å². The lowest BCUT2D eigenvalue weighted by Crippen LogP contribution is -2.00. The summed E-state index contributed by atoms with van der Waals surface area (Å²) in [7, 11) is 0. The highest BCUT2D eigenvalue weighted by atomic mass is 35.5. The number of fused-ring (bicyclic) bond motifs is 1. The molecule has 3 rings (SSSR count). The van der Waals surface area contributed by atoms with E-state index < -0.39 is 5.97 Å². The fourth-order valence-corrected chi connectivity index (χ4v) is 2.74. The number of nitrogens with one attached hydrogen (secondary N) is 1. The smallest absolute Gasteiger partial charge is 0.371 e. The van der Waals surface area contributed by atoms with Crippen LogP contribution in [0.15, 0.2) is 34.2 Å². The van der Waals surface area contributed by atoms with Crippen molar-refractivity contribution < 1.29 is 14.3 Å². The maximum absolute atomic E-state index is 10.7. The first-order valence-electron chi connectivity index (χ1n) is 5.73. The molecule has 0 saturated carbocycles. The van der Waals surface area contributed by atoms with Crippen molar-refractivity contribution >= 4 is 44.8 Å². The molecule has 102 valence electrons. The molecule has 0 amide bonds. The Hall–Kier alpha value is -2.05. The Bertz CT molecular complexity index is 781. The van der Waals surface area contributed by atoms with Crippen LogP contribution in [0.4, 0.5) is 5.69 Å². The number of carboxylic acids is 1. The Kier molecular flexibility index (Phi) is 3.33. The Labute approximate surface area is 122 Å². The van der Waals surface area contributed by atoms with Gasteiger partial charge in [0.05, 0.1) is 27.5 Å². The number of carboxylic acid groups (broad SMARTS) is 1. The normalized spacial score (nSPS) is 10.8. The molecule has 5 nitrogen and oxygen atoms in total. The van der Waals surface area contributed by atoms with E-state index in [0.29, 0.717) is 17.3 Å². The number of nitrogens with zero attached hydrogens (tertiary/aromatic N) is 1. The molecular formula is C13H9ClN2O3S. The summed E-state index contributed by atoms with van der Waals surface area (Å²) in [4.78, 5) is 15.0. The van der Waals surface area contributed by atoms with Crippen molar-refractivity contribution in [2.24, 2.45) is 0 Å². The van der Waals surface area contributed by atoms with Crippen LogP contribution >= 0.6 is 22.9 Å². The van der Waals surface area contributed by atoms with Gasteiger partial charge in [-0.1, -0.05) is 11.6 Å². The molecule has 2 aromatic heterocycles. The minimum absolute atomic E-state index is 0.0836. The van der Waals surface area contributed by atoms with E-state index in [4.69, 9.17) is 21.1 Å². The molecule has 2 heterocycles. The van der Waals surface area contributed by atoms with Crippen LogP contribution in [0.5, 0.6) is 0 Å². The van der Waals surface area contributed by atoms with Crippen molar-refractivity contribution in [3.05, 3.63) is 46.3 Å². The molecule has 0 aliphatic carbocycles. The number of aromatic carboxylic acids is 1. The molecule has 0 bridgehead atoms. The maximum Gasteiger partial charge on any atom is 0.371 e. The first-order valence-corrected chi connectivity index (χ1v) is 6.98. The highest BCUT2D eigenvalue weighted by Gasteiger charge is 2.11. The Morgan fingerprint density at radius 3 is 3.00 bits per heavy atom. The Morgan fingerprint density at radius 1 is 1.40 bits per heavy atom. The topological polar surface area (TPSA) is 75.4 Å². The number of aromatic nitrogens is 1. The van der Waals surface area contributed by atoms with Gasteiger partial charge in [0.1, 0.15) is 11.3 Å². The second-order valence-corrected chi connectivity index (χ2v) is 5.34. The van der Waals surface area contributed by atoms with Crippen molar-refractivity contribution in [3.63, 3.8) is 0 Å². The van der Waals surface area contributed by atoms with Gasteiger partial charge in [-0.2, -0.15) is 0 Å². The maximum atomic E-state index is 10.7. The summed E-state index contributed by atoms with van der Waals surface area (Å²) < 4.78 is 6.21. The van der Waals surface area contributed by atoms with Crippen LogP contribution in [0.2, 0.25) is 5.02 Å². The molecule has 0 spiro atoms. The summed E-state index contributed by atoms with van der Waals surface area (Å²) in [5.41, 5.74) is 3.27.